The fraction of sp³-hybridized carbons (Fsp3) is 0.545. The zero-order chi connectivity index (χ0) is 10.8. The van der Waals surface area contributed by atoms with E-state index in [1.165, 1.54) is 5.69 Å². The van der Waals surface area contributed by atoms with Crippen molar-refractivity contribution in [3.8, 4) is 0 Å². The van der Waals surface area contributed by atoms with Gasteiger partial charge in [0.05, 0.1) is 0 Å². The van der Waals surface area contributed by atoms with Gasteiger partial charge in [-0.2, -0.15) is 11.8 Å². The van der Waals surface area contributed by atoms with Gasteiger partial charge in [0.15, 0.2) is 0 Å². The maximum absolute atomic E-state index is 5.69. The summed E-state index contributed by atoms with van der Waals surface area (Å²) in [7, 11) is 0. The molecule has 2 rings (SSSR count). The number of pyridine rings is 1. The lowest BCUT2D eigenvalue weighted by molar-refractivity contribution is 0.728. The fourth-order valence-electron chi connectivity index (χ4n) is 2.02. The van der Waals surface area contributed by atoms with Crippen molar-refractivity contribution in [2.75, 3.05) is 23.7 Å². The van der Waals surface area contributed by atoms with Gasteiger partial charge in [-0.15, -0.1) is 0 Å². The Balaban J connectivity index is 2.16. The summed E-state index contributed by atoms with van der Waals surface area (Å²) in [6.07, 6.45) is 1.78. The first-order chi connectivity index (χ1) is 7.15. The third-order valence-corrected chi connectivity index (χ3v) is 3.78. The Kier molecular flexibility index (Phi) is 3.05. The number of anilines is 2. The maximum Gasteiger partial charge on any atom is 0.125 e. The molecule has 0 spiro atoms. The Morgan fingerprint density at radius 2 is 2.07 bits per heavy atom. The molecule has 2 N–H and O–H groups in total. The average Bonchev–Trinajstić information content (AvgIpc) is 2.16. The van der Waals surface area contributed by atoms with Crippen LogP contribution in [0.15, 0.2) is 18.3 Å². The molecule has 2 unspecified atom stereocenters. The molecule has 15 heavy (non-hydrogen) atoms. The Morgan fingerprint density at radius 1 is 1.40 bits per heavy atom. The topological polar surface area (TPSA) is 42.2 Å². The second kappa shape index (κ2) is 4.31. The van der Waals surface area contributed by atoms with Gasteiger partial charge in [0.25, 0.3) is 0 Å². The van der Waals surface area contributed by atoms with E-state index in [2.05, 4.69) is 35.5 Å². The molecule has 3 nitrogen and oxygen atoms in total. The Labute approximate surface area is 95.1 Å². The fourth-order valence-corrected chi connectivity index (χ4v) is 3.35. The minimum Gasteiger partial charge on any atom is -0.384 e. The number of nitrogen functional groups attached to an aromatic ring is 1. The van der Waals surface area contributed by atoms with Crippen molar-refractivity contribution >= 4 is 23.3 Å². The van der Waals surface area contributed by atoms with Crippen LogP contribution in [0.4, 0.5) is 11.5 Å². The molecule has 82 valence electrons. The SMILES string of the molecule is CC1CN(c2ccnc(N)c2)CC(C)S1. The highest BCUT2D eigenvalue weighted by Gasteiger charge is 2.22. The molecule has 0 amide bonds. The molecule has 1 aliphatic rings. The van der Waals surface area contributed by atoms with Gasteiger partial charge < -0.3 is 10.6 Å². The summed E-state index contributed by atoms with van der Waals surface area (Å²) in [5, 5.41) is 1.37. The van der Waals surface area contributed by atoms with E-state index in [0.29, 0.717) is 16.3 Å². The molecule has 4 heteroatoms. The van der Waals surface area contributed by atoms with Crippen LogP contribution in [0.25, 0.3) is 0 Å². The van der Waals surface area contributed by atoms with Crippen molar-refractivity contribution in [3.05, 3.63) is 18.3 Å². The van der Waals surface area contributed by atoms with Crippen LogP contribution in [0.2, 0.25) is 0 Å². The third-order valence-electron chi connectivity index (χ3n) is 2.55. The molecule has 2 heterocycles. The summed E-state index contributed by atoms with van der Waals surface area (Å²) < 4.78 is 0. The number of nitrogens with zero attached hydrogens (tertiary/aromatic N) is 2. The van der Waals surface area contributed by atoms with Crippen LogP contribution in [-0.4, -0.2) is 28.6 Å². The molecule has 1 aliphatic heterocycles. The van der Waals surface area contributed by atoms with Crippen molar-refractivity contribution in [3.63, 3.8) is 0 Å². The van der Waals surface area contributed by atoms with E-state index in [4.69, 9.17) is 5.73 Å². The van der Waals surface area contributed by atoms with Crippen molar-refractivity contribution in [2.24, 2.45) is 0 Å². The number of thioether (sulfide) groups is 1. The summed E-state index contributed by atoms with van der Waals surface area (Å²) >= 11 is 2.06. The zero-order valence-electron chi connectivity index (χ0n) is 9.18. The van der Waals surface area contributed by atoms with Crippen LogP contribution in [0, 0.1) is 0 Å². The number of aromatic nitrogens is 1. The van der Waals surface area contributed by atoms with Gasteiger partial charge in [-0.1, -0.05) is 13.8 Å². The number of rotatable bonds is 1. The van der Waals surface area contributed by atoms with Gasteiger partial charge in [0.2, 0.25) is 0 Å². The molecular formula is C11H17N3S. The highest BCUT2D eigenvalue weighted by Crippen LogP contribution is 2.28. The van der Waals surface area contributed by atoms with Crippen molar-refractivity contribution < 1.29 is 0 Å². The Morgan fingerprint density at radius 3 is 2.67 bits per heavy atom. The summed E-state index contributed by atoms with van der Waals surface area (Å²) in [6.45, 7) is 6.74. The van der Waals surface area contributed by atoms with Gasteiger partial charge in [0, 0.05) is 41.5 Å². The first kappa shape index (κ1) is 10.6. The van der Waals surface area contributed by atoms with E-state index in [0.717, 1.165) is 13.1 Å². The quantitative estimate of drug-likeness (QED) is 0.790. The molecule has 1 aromatic rings. The molecule has 0 aliphatic carbocycles. The minimum absolute atomic E-state index is 0.603. The molecular weight excluding hydrogens is 206 g/mol. The van der Waals surface area contributed by atoms with Gasteiger partial charge in [0.1, 0.15) is 5.82 Å². The van der Waals surface area contributed by atoms with Crippen LogP contribution in [0.5, 0.6) is 0 Å². The van der Waals surface area contributed by atoms with Crippen LogP contribution in [0.3, 0.4) is 0 Å². The molecule has 1 fully saturated rings. The standard InChI is InChI=1S/C11H17N3S/c1-8-6-14(7-9(2)15-8)10-3-4-13-11(12)5-10/h3-5,8-9H,6-7H2,1-2H3,(H2,12,13). The molecule has 1 aromatic heterocycles. The van der Waals surface area contributed by atoms with Crippen molar-refractivity contribution in [2.45, 2.75) is 24.3 Å². The smallest absolute Gasteiger partial charge is 0.125 e. The minimum atomic E-state index is 0.603. The van der Waals surface area contributed by atoms with Gasteiger partial charge in [-0.05, 0) is 6.07 Å². The molecule has 0 saturated carbocycles. The lowest BCUT2D eigenvalue weighted by Crippen LogP contribution is -2.40. The van der Waals surface area contributed by atoms with E-state index in [1.54, 1.807) is 6.20 Å². The van der Waals surface area contributed by atoms with Crippen LogP contribution in [-0.2, 0) is 0 Å². The van der Waals surface area contributed by atoms with E-state index in [9.17, 15) is 0 Å². The Bertz CT molecular complexity index is 332. The van der Waals surface area contributed by atoms with Crippen LogP contribution >= 0.6 is 11.8 Å². The molecule has 0 radical (unpaired) electrons. The second-order valence-electron chi connectivity index (χ2n) is 4.10. The van der Waals surface area contributed by atoms with Crippen LogP contribution < -0.4 is 10.6 Å². The number of hydrogen-bond donors (Lipinski definition) is 1. The van der Waals surface area contributed by atoms with E-state index >= 15 is 0 Å². The highest BCUT2D eigenvalue weighted by atomic mass is 32.2. The largest absolute Gasteiger partial charge is 0.384 e. The normalized spacial score (nSPS) is 26.7. The van der Waals surface area contributed by atoms with Gasteiger partial charge in [-0.3, -0.25) is 0 Å². The zero-order valence-corrected chi connectivity index (χ0v) is 10.00. The van der Waals surface area contributed by atoms with Crippen molar-refractivity contribution in [1.29, 1.82) is 0 Å². The summed E-state index contributed by atoms with van der Waals surface area (Å²) in [4.78, 5) is 6.41. The summed E-state index contributed by atoms with van der Waals surface area (Å²) in [5.74, 6) is 0.603. The number of hydrogen-bond acceptors (Lipinski definition) is 4. The monoisotopic (exact) mass is 223 g/mol. The third kappa shape index (κ3) is 2.56. The van der Waals surface area contributed by atoms with E-state index < -0.39 is 0 Å². The van der Waals surface area contributed by atoms with Crippen molar-refractivity contribution in [1.82, 2.24) is 4.98 Å². The van der Waals surface area contributed by atoms with Crippen LogP contribution in [0.1, 0.15) is 13.8 Å². The number of nitrogens with two attached hydrogens (primary N) is 1. The molecule has 2 atom stereocenters. The first-order valence-electron chi connectivity index (χ1n) is 5.27. The predicted octanol–water partition coefficient (Wildman–Crippen LogP) is 1.99. The van der Waals surface area contributed by atoms with E-state index in [-0.39, 0.29) is 0 Å². The second-order valence-corrected chi connectivity index (χ2v) is 5.98. The Hall–Kier alpha value is -0.900. The first-order valence-corrected chi connectivity index (χ1v) is 6.21. The molecule has 1 saturated heterocycles. The van der Waals surface area contributed by atoms with E-state index in [1.807, 2.05) is 12.1 Å². The maximum atomic E-state index is 5.69. The lowest BCUT2D eigenvalue weighted by atomic mass is 10.2. The van der Waals surface area contributed by atoms with Gasteiger partial charge in [-0.25, -0.2) is 4.98 Å². The summed E-state index contributed by atoms with van der Waals surface area (Å²) in [5.41, 5.74) is 6.89. The average molecular weight is 223 g/mol. The molecule has 0 aromatic carbocycles. The van der Waals surface area contributed by atoms with Gasteiger partial charge >= 0.3 is 0 Å². The predicted molar refractivity (Wildman–Crippen MR) is 67.4 cm³/mol. The lowest BCUT2D eigenvalue weighted by Gasteiger charge is -2.36. The highest BCUT2D eigenvalue weighted by molar-refractivity contribution is 8.00. The molecule has 0 bridgehead atoms. The summed E-state index contributed by atoms with van der Waals surface area (Å²) in [6, 6.07) is 3.99.